The lowest BCUT2D eigenvalue weighted by Crippen LogP contribution is -2.18. The highest BCUT2D eigenvalue weighted by molar-refractivity contribution is 5.69. The van der Waals surface area contributed by atoms with Crippen LogP contribution >= 0.6 is 0 Å². The molecule has 0 radical (unpaired) electrons. The molecule has 0 fully saturated rings. The lowest BCUT2D eigenvalue weighted by molar-refractivity contribution is 0.195. The zero-order valence-corrected chi connectivity index (χ0v) is 12.2. The third kappa shape index (κ3) is 2.78. The van der Waals surface area contributed by atoms with Gasteiger partial charge in [-0.15, -0.1) is 0 Å². The van der Waals surface area contributed by atoms with Crippen LogP contribution in [0.5, 0.6) is 5.75 Å². The number of rotatable bonds is 5. The largest absolute Gasteiger partial charge is 0.496 e. The molecule has 2 aromatic rings. The molecule has 3 nitrogen and oxygen atoms in total. The number of hydrogen-bond donors (Lipinski definition) is 1. The molecule has 0 aliphatic heterocycles. The highest BCUT2D eigenvalue weighted by atomic mass is 16.5. The minimum absolute atomic E-state index is 0.584. The van der Waals surface area contributed by atoms with Gasteiger partial charge in [0, 0.05) is 17.8 Å². The van der Waals surface area contributed by atoms with Crippen LogP contribution in [-0.4, -0.2) is 18.8 Å². The van der Waals surface area contributed by atoms with Crippen molar-refractivity contribution in [3.05, 3.63) is 54.1 Å². The fraction of sp³-hybridized carbons (Fsp3) is 0.294. The van der Waals surface area contributed by atoms with Crippen LogP contribution in [0, 0.1) is 0 Å². The molecule has 0 saturated heterocycles. The van der Waals surface area contributed by atoms with Gasteiger partial charge in [-0.2, -0.15) is 0 Å². The van der Waals surface area contributed by atoms with E-state index in [-0.39, 0.29) is 0 Å². The maximum atomic E-state index is 10.1. The van der Waals surface area contributed by atoms with E-state index >= 15 is 0 Å². The van der Waals surface area contributed by atoms with Gasteiger partial charge in [-0.05, 0) is 38.1 Å². The first-order chi connectivity index (χ1) is 9.69. The molecule has 0 heterocycles. The molecule has 106 valence electrons. The monoisotopic (exact) mass is 271 g/mol. The second-order valence-electron chi connectivity index (χ2n) is 4.65. The molecule has 3 heteroatoms. The molecule has 0 saturated carbocycles. The Kier molecular flexibility index (Phi) is 4.64. The smallest absolute Gasteiger partial charge is 0.126 e. The first kappa shape index (κ1) is 14.4. The number of para-hydroxylation sites is 1. The Morgan fingerprint density at radius 1 is 1.10 bits per heavy atom. The minimum Gasteiger partial charge on any atom is -0.496 e. The third-order valence-electron chi connectivity index (χ3n) is 3.36. The minimum atomic E-state index is -0.584. The summed E-state index contributed by atoms with van der Waals surface area (Å²) in [6, 6.07) is 16.0. The van der Waals surface area contributed by atoms with Crippen molar-refractivity contribution < 1.29 is 9.84 Å². The maximum absolute atomic E-state index is 10.1. The summed E-state index contributed by atoms with van der Waals surface area (Å²) in [5, 5.41) is 10.1. The van der Waals surface area contributed by atoms with Crippen LogP contribution in [-0.2, 0) is 0 Å². The van der Waals surface area contributed by atoms with Crippen molar-refractivity contribution in [1.29, 1.82) is 0 Å². The van der Waals surface area contributed by atoms with E-state index in [1.165, 1.54) is 0 Å². The summed E-state index contributed by atoms with van der Waals surface area (Å²) in [4.78, 5) is 2.17. The van der Waals surface area contributed by atoms with Crippen LogP contribution in [0.25, 0.3) is 0 Å². The van der Waals surface area contributed by atoms with E-state index in [4.69, 9.17) is 4.74 Å². The molecule has 0 unspecified atom stereocenters. The Morgan fingerprint density at radius 3 is 2.35 bits per heavy atom. The van der Waals surface area contributed by atoms with E-state index in [1.54, 1.807) is 14.0 Å². The lowest BCUT2D eigenvalue weighted by atomic mass is 10.0. The average molecular weight is 271 g/mol. The number of methoxy groups -OCH3 is 1. The fourth-order valence-electron chi connectivity index (χ4n) is 2.47. The average Bonchev–Trinajstić information content (AvgIpc) is 2.48. The van der Waals surface area contributed by atoms with Crippen LogP contribution in [0.1, 0.15) is 25.5 Å². The summed E-state index contributed by atoms with van der Waals surface area (Å²) < 4.78 is 5.39. The van der Waals surface area contributed by atoms with E-state index < -0.39 is 6.10 Å². The summed E-state index contributed by atoms with van der Waals surface area (Å²) in [6.07, 6.45) is -0.584. The van der Waals surface area contributed by atoms with Crippen molar-refractivity contribution in [2.75, 3.05) is 18.6 Å². The highest BCUT2D eigenvalue weighted by Crippen LogP contribution is 2.37. The molecule has 0 spiro atoms. The number of hydrogen-bond acceptors (Lipinski definition) is 3. The Morgan fingerprint density at radius 2 is 1.80 bits per heavy atom. The molecule has 0 aliphatic carbocycles. The summed E-state index contributed by atoms with van der Waals surface area (Å²) in [5.74, 6) is 0.715. The second kappa shape index (κ2) is 6.44. The van der Waals surface area contributed by atoms with Crippen LogP contribution < -0.4 is 9.64 Å². The zero-order valence-electron chi connectivity index (χ0n) is 12.2. The van der Waals surface area contributed by atoms with Crippen LogP contribution in [0.2, 0.25) is 0 Å². The van der Waals surface area contributed by atoms with Gasteiger partial charge in [-0.3, -0.25) is 0 Å². The Hall–Kier alpha value is -2.00. The van der Waals surface area contributed by atoms with Crippen LogP contribution in [0.15, 0.2) is 48.5 Å². The lowest BCUT2D eigenvalue weighted by Gasteiger charge is -2.27. The van der Waals surface area contributed by atoms with E-state index in [0.717, 1.165) is 23.5 Å². The Balaban J connectivity index is 2.55. The van der Waals surface area contributed by atoms with Crippen molar-refractivity contribution >= 4 is 11.4 Å². The van der Waals surface area contributed by atoms with Crippen molar-refractivity contribution in [2.24, 2.45) is 0 Å². The molecule has 1 N–H and O–H groups in total. The standard InChI is InChI=1S/C17H21NO2/c1-4-18(14-9-6-5-7-10-14)15-11-8-12-16(20-3)17(15)13(2)19/h5-13,19H,4H2,1-3H3/t13-/m0/s1. The van der Waals surface area contributed by atoms with Gasteiger partial charge >= 0.3 is 0 Å². The number of aliphatic hydroxyl groups is 1. The molecule has 0 aliphatic rings. The van der Waals surface area contributed by atoms with E-state index in [1.807, 2.05) is 36.4 Å². The fourth-order valence-corrected chi connectivity index (χ4v) is 2.47. The summed E-state index contributed by atoms with van der Waals surface area (Å²) in [7, 11) is 1.63. The van der Waals surface area contributed by atoms with E-state index in [0.29, 0.717) is 5.75 Å². The molecule has 1 atom stereocenters. The van der Waals surface area contributed by atoms with Gasteiger partial charge in [0.25, 0.3) is 0 Å². The first-order valence-corrected chi connectivity index (χ1v) is 6.86. The normalized spacial score (nSPS) is 12.0. The SMILES string of the molecule is CCN(c1ccccc1)c1cccc(OC)c1[C@H](C)O. The topological polar surface area (TPSA) is 32.7 Å². The van der Waals surface area contributed by atoms with Crippen LogP contribution in [0.3, 0.4) is 0 Å². The maximum Gasteiger partial charge on any atom is 0.126 e. The van der Waals surface area contributed by atoms with Gasteiger partial charge in [0.15, 0.2) is 0 Å². The number of anilines is 2. The number of aliphatic hydroxyl groups excluding tert-OH is 1. The van der Waals surface area contributed by atoms with Gasteiger partial charge in [-0.1, -0.05) is 24.3 Å². The molecular weight excluding hydrogens is 250 g/mol. The van der Waals surface area contributed by atoms with Crippen LogP contribution in [0.4, 0.5) is 11.4 Å². The number of ether oxygens (including phenoxy) is 1. The van der Waals surface area contributed by atoms with Crippen molar-refractivity contribution in [3.8, 4) is 5.75 Å². The summed E-state index contributed by atoms with van der Waals surface area (Å²) in [5.41, 5.74) is 2.90. The van der Waals surface area contributed by atoms with Gasteiger partial charge in [-0.25, -0.2) is 0 Å². The van der Waals surface area contributed by atoms with Gasteiger partial charge in [0.05, 0.1) is 18.9 Å². The Bertz CT molecular complexity index is 552. The highest BCUT2D eigenvalue weighted by Gasteiger charge is 2.18. The Labute approximate surface area is 120 Å². The molecule has 20 heavy (non-hydrogen) atoms. The quantitative estimate of drug-likeness (QED) is 0.895. The van der Waals surface area contributed by atoms with Crippen molar-refractivity contribution in [1.82, 2.24) is 0 Å². The van der Waals surface area contributed by atoms with Crippen molar-refractivity contribution in [3.63, 3.8) is 0 Å². The molecule has 2 aromatic carbocycles. The number of benzene rings is 2. The molecule has 2 rings (SSSR count). The van der Waals surface area contributed by atoms with E-state index in [9.17, 15) is 5.11 Å². The van der Waals surface area contributed by atoms with Crippen molar-refractivity contribution in [2.45, 2.75) is 20.0 Å². The van der Waals surface area contributed by atoms with Gasteiger partial charge in [0.1, 0.15) is 5.75 Å². The van der Waals surface area contributed by atoms with E-state index in [2.05, 4.69) is 24.0 Å². The predicted molar refractivity (Wildman–Crippen MR) is 82.7 cm³/mol. The van der Waals surface area contributed by atoms with Gasteiger partial charge in [0.2, 0.25) is 0 Å². The summed E-state index contributed by atoms with van der Waals surface area (Å²) in [6.45, 7) is 4.68. The summed E-state index contributed by atoms with van der Waals surface area (Å²) >= 11 is 0. The zero-order chi connectivity index (χ0) is 14.5. The molecular formula is C17H21NO2. The molecule has 0 bridgehead atoms. The number of nitrogens with zero attached hydrogens (tertiary/aromatic N) is 1. The third-order valence-corrected chi connectivity index (χ3v) is 3.36. The predicted octanol–water partition coefficient (Wildman–Crippen LogP) is 3.91. The van der Waals surface area contributed by atoms with Gasteiger partial charge < -0.3 is 14.7 Å². The molecule has 0 amide bonds. The first-order valence-electron chi connectivity index (χ1n) is 6.86. The second-order valence-corrected chi connectivity index (χ2v) is 4.65. The molecule has 0 aromatic heterocycles.